The number of carbonyl (C=O) groups is 4. The fourth-order valence-electron chi connectivity index (χ4n) is 1.97. The minimum Gasteiger partial charge on any atom is -0.479 e. The summed E-state index contributed by atoms with van der Waals surface area (Å²) in [5.41, 5.74) is 0. The predicted molar refractivity (Wildman–Crippen MR) is 73.1 cm³/mol. The number of ether oxygens (including phenoxy) is 2. The lowest BCUT2D eigenvalue weighted by molar-refractivity contribution is -0.138. The largest absolute Gasteiger partial charge is 0.479 e. The van der Waals surface area contributed by atoms with E-state index in [2.05, 4.69) is 10.1 Å². The Hall–Kier alpha value is -3.11. The van der Waals surface area contributed by atoms with E-state index in [4.69, 9.17) is 4.74 Å². The second kappa shape index (κ2) is 7.64. The van der Waals surface area contributed by atoms with E-state index < -0.39 is 72.2 Å². The Morgan fingerprint density at radius 1 is 1.24 bits per heavy atom. The summed E-state index contributed by atoms with van der Waals surface area (Å²) in [6, 6.07) is -1.26. The summed E-state index contributed by atoms with van der Waals surface area (Å²) in [6.07, 6.45) is -0.453. The normalized spacial score (nSPS) is 17.2. The molecule has 1 aliphatic rings. The number of amides is 2. The molecular formula is C14H11F3N2O6. The third-order valence-electron chi connectivity index (χ3n) is 3.10. The molecule has 1 unspecified atom stereocenters. The summed E-state index contributed by atoms with van der Waals surface area (Å²) in [5.74, 6) is -9.52. The van der Waals surface area contributed by atoms with E-state index in [1.54, 1.807) is 0 Å². The van der Waals surface area contributed by atoms with Crippen molar-refractivity contribution in [2.75, 3.05) is 13.2 Å². The van der Waals surface area contributed by atoms with Crippen LogP contribution in [0.3, 0.4) is 0 Å². The van der Waals surface area contributed by atoms with Crippen molar-refractivity contribution < 1.29 is 41.8 Å². The van der Waals surface area contributed by atoms with Crippen molar-refractivity contribution in [2.24, 2.45) is 0 Å². The molecule has 0 fully saturated rings. The highest BCUT2D eigenvalue weighted by atomic mass is 19.2. The van der Waals surface area contributed by atoms with E-state index in [9.17, 15) is 32.3 Å². The molecule has 134 valence electrons. The third kappa shape index (κ3) is 4.25. The quantitative estimate of drug-likeness (QED) is 0.327. The highest BCUT2D eigenvalue weighted by Gasteiger charge is 2.31. The molecule has 0 aromatic heterocycles. The number of benzene rings is 1. The summed E-state index contributed by atoms with van der Waals surface area (Å²) < 4.78 is 50.1. The number of rotatable bonds is 4. The van der Waals surface area contributed by atoms with Gasteiger partial charge in [-0.2, -0.15) is 4.39 Å². The van der Waals surface area contributed by atoms with Crippen LogP contribution < -0.4 is 20.1 Å². The maximum atomic E-state index is 13.7. The summed E-state index contributed by atoms with van der Waals surface area (Å²) in [7, 11) is 0. The molecular weight excluding hydrogens is 349 g/mol. The van der Waals surface area contributed by atoms with Gasteiger partial charge in [-0.25, -0.2) is 8.78 Å². The van der Waals surface area contributed by atoms with Crippen molar-refractivity contribution in [1.82, 2.24) is 10.6 Å². The molecule has 1 heterocycles. The molecule has 0 aliphatic carbocycles. The first-order valence-corrected chi connectivity index (χ1v) is 6.83. The van der Waals surface area contributed by atoms with Gasteiger partial charge in [0.1, 0.15) is 12.6 Å². The monoisotopic (exact) mass is 360 g/mol. The van der Waals surface area contributed by atoms with Crippen LogP contribution in [-0.4, -0.2) is 43.3 Å². The Kier molecular flexibility index (Phi) is 5.57. The molecule has 0 spiro atoms. The van der Waals surface area contributed by atoms with E-state index in [0.717, 1.165) is 0 Å². The van der Waals surface area contributed by atoms with Gasteiger partial charge in [0.25, 0.3) is 0 Å². The van der Waals surface area contributed by atoms with Crippen LogP contribution in [0, 0.1) is 17.5 Å². The molecule has 1 aromatic carbocycles. The molecule has 1 aromatic rings. The van der Waals surface area contributed by atoms with Crippen molar-refractivity contribution in [3.8, 4) is 11.5 Å². The molecule has 0 saturated carbocycles. The number of nitrogens with one attached hydrogen (secondary N) is 2. The summed E-state index contributed by atoms with van der Waals surface area (Å²) in [6.45, 7) is -1.34. The average molecular weight is 360 g/mol. The molecule has 1 aliphatic heterocycles. The zero-order chi connectivity index (χ0) is 18.6. The van der Waals surface area contributed by atoms with E-state index in [0.29, 0.717) is 0 Å². The summed E-state index contributed by atoms with van der Waals surface area (Å²) in [4.78, 5) is 45.5. The maximum absolute atomic E-state index is 13.7. The van der Waals surface area contributed by atoms with Crippen LogP contribution in [0.15, 0.2) is 6.07 Å². The van der Waals surface area contributed by atoms with Crippen molar-refractivity contribution in [3.05, 3.63) is 23.5 Å². The minimum atomic E-state index is -1.63. The van der Waals surface area contributed by atoms with Crippen LogP contribution in [0.2, 0.25) is 0 Å². The Bertz CT molecular complexity index is 740. The van der Waals surface area contributed by atoms with Crippen LogP contribution in [0.1, 0.15) is 6.42 Å². The van der Waals surface area contributed by atoms with Crippen molar-refractivity contribution in [1.29, 1.82) is 0 Å². The number of ketones is 1. The van der Waals surface area contributed by atoms with Gasteiger partial charge >= 0.3 is 5.97 Å². The molecule has 2 amide bonds. The second-order valence-corrected chi connectivity index (χ2v) is 4.86. The number of Topliss-reactive ketones (excluding diaryl/α,β-unsaturated/α-hetero) is 1. The van der Waals surface area contributed by atoms with Gasteiger partial charge in [0.15, 0.2) is 17.4 Å². The number of fused-ring (bicyclic) bond motifs is 1. The molecule has 1 atom stereocenters. The first kappa shape index (κ1) is 18.2. The maximum Gasteiger partial charge on any atom is 0.313 e. The van der Waals surface area contributed by atoms with Gasteiger partial charge in [-0.3, -0.25) is 19.2 Å². The van der Waals surface area contributed by atoms with E-state index in [1.807, 2.05) is 5.32 Å². The molecule has 0 radical (unpaired) electrons. The van der Waals surface area contributed by atoms with Gasteiger partial charge in [0, 0.05) is 6.07 Å². The first-order chi connectivity index (χ1) is 11.8. The molecule has 0 bridgehead atoms. The van der Waals surface area contributed by atoms with Crippen LogP contribution in [0.25, 0.3) is 0 Å². The Morgan fingerprint density at radius 3 is 2.64 bits per heavy atom. The van der Waals surface area contributed by atoms with E-state index >= 15 is 0 Å². The van der Waals surface area contributed by atoms with Gasteiger partial charge < -0.3 is 20.1 Å². The Morgan fingerprint density at radius 2 is 1.96 bits per heavy atom. The van der Waals surface area contributed by atoms with Gasteiger partial charge in [-0.05, 0) is 0 Å². The van der Waals surface area contributed by atoms with Crippen molar-refractivity contribution in [2.45, 2.75) is 12.5 Å². The SMILES string of the molecule is O=CNCC(=O)NC1CC(=O)Oc2c(F)cc(F)c(F)c2OCC1=O. The van der Waals surface area contributed by atoms with Gasteiger partial charge in [-0.1, -0.05) is 0 Å². The second-order valence-electron chi connectivity index (χ2n) is 4.86. The average Bonchev–Trinajstić information content (AvgIpc) is 2.61. The van der Waals surface area contributed by atoms with Gasteiger partial charge in [-0.15, -0.1) is 0 Å². The van der Waals surface area contributed by atoms with Crippen LogP contribution in [0.4, 0.5) is 13.2 Å². The zero-order valence-electron chi connectivity index (χ0n) is 12.4. The lowest BCUT2D eigenvalue weighted by Crippen LogP contribution is -2.47. The molecule has 8 nitrogen and oxygen atoms in total. The zero-order valence-corrected chi connectivity index (χ0v) is 12.4. The fourth-order valence-corrected chi connectivity index (χ4v) is 1.97. The lowest BCUT2D eigenvalue weighted by Gasteiger charge is -2.15. The van der Waals surface area contributed by atoms with Crippen molar-refractivity contribution >= 4 is 24.1 Å². The fraction of sp³-hybridized carbons (Fsp3) is 0.286. The van der Waals surface area contributed by atoms with Gasteiger partial charge in [0.05, 0.1) is 13.0 Å². The first-order valence-electron chi connectivity index (χ1n) is 6.83. The number of hydrogen-bond acceptors (Lipinski definition) is 6. The number of hydrogen-bond donors (Lipinski definition) is 2. The summed E-state index contributed by atoms with van der Waals surface area (Å²) >= 11 is 0. The van der Waals surface area contributed by atoms with Crippen LogP contribution in [0.5, 0.6) is 11.5 Å². The van der Waals surface area contributed by atoms with Crippen LogP contribution >= 0.6 is 0 Å². The Balaban J connectivity index is 2.25. The summed E-state index contributed by atoms with van der Waals surface area (Å²) in [5, 5.41) is 4.19. The Labute approximate surface area is 138 Å². The molecule has 0 saturated heterocycles. The smallest absolute Gasteiger partial charge is 0.313 e. The highest BCUT2D eigenvalue weighted by molar-refractivity contribution is 5.94. The molecule has 2 rings (SSSR count). The molecule has 25 heavy (non-hydrogen) atoms. The van der Waals surface area contributed by atoms with E-state index in [1.165, 1.54) is 0 Å². The van der Waals surface area contributed by atoms with Gasteiger partial charge in [0.2, 0.25) is 29.6 Å². The molecule has 2 N–H and O–H groups in total. The minimum absolute atomic E-state index is 0.162. The lowest BCUT2D eigenvalue weighted by atomic mass is 10.1. The van der Waals surface area contributed by atoms with E-state index in [-0.39, 0.29) is 12.5 Å². The molecule has 11 heteroatoms. The standard InChI is InChI=1S/C14H11F3N2O6/c15-6-1-7(16)13-14(12(6)17)24-4-9(21)8(2-11(23)25-13)19-10(22)3-18-5-20/h1,5,8H,2-4H2,(H,18,20)(H,19,22). The topological polar surface area (TPSA) is 111 Å². The van der Waals surface area contributed by atoms with Crippen LogP contribution in [-0.2, 0) is 19.2 Å². The highest BCUT2D eigenvalue weighted by Crippen LogP contribution is 2.35. The van der Waals surface area contributed by atoms with Crippen molar-refractivity contribution in [3.63, 3.8) is 0 Å². The number of carbonyl (C=O) groups excluding carboxylic acids is 4. The third-order valence-corrected chi connectivity index (χ3v) is 3.10. The number of halogens is 3. The number of esters is 1. The predicted octanol–water partition coefficient (Wildman–Crippen LogP) is -0.408.